The Balaban J connectivity index is 2.45. The molecule has 4 N–H and O–H groups in total. The van der Waals surface area contributed by atoms with Gasteiger partial charge in [-0.3, -0.25) is 14.7 Å². The lowest BCUT2D eigenvalue weighted by molar-refractivity contribution is 0.601. The number of rotatable bonds is 5. The number of aromatic amines is 1. The first-order valence-corrected chi connectivity index (χ1v) is 6.98. The van der Waals surface area contributed by atoms with E-state index in [1.54, 1.807) is 23.2 Å². The van der Waals surface area contributed by atoms with Crippen molar-refractivity contribution in [2.24, 2.45) is 12.8 Å². The van der Waals surface area contributed by atoms with E-state index in [4.69, 9.17) is 11.1 Å². The molecule has 0 aliphatic heterocycles. The largest absolute Gasteiger partial charge is 0.384 e. The van der Waals surface area contributed by atoms with Crippen LogP contribution in [0, 0.1) is 12.3 Å². The van der Waals surface area contributed by atoms with Crippen LogP contribution < -0.4 is 11.4 Å². The summed E-state index contributed by atoms with van der Waals surface area (Å²) in [4.78, 5) is 11.7. The molecule has 0 aliphatic rings. The predicted octanol–water partition coefficient (Wildman–Crippen LogP) is 0.459. The SMILES string of the molecule is CCCn1c(Sc2c(C(=N)N)c(C)nn2C)n[nH]c1=O. The molecule has 0 aromatic carbocycles. The normalized spacial score (nSPS) is 10.9. The smallest absolute Gasteiger partial charge is 0.343 e. The second kappa shape index (κ2) is 5.53. The fraction of sp³-hybridized carbons (Fsp3) is 0.455. The molecule has 0 spiro atoms. The van der Waals surface area contributed by atoms with Crippen molar-refractivity contribution in [3.8, 4) is 0 Å². The van der Waals surface area contributed by atoms with Crippen LogP contribution in [0.4, 0.5) is 0 Å². The van der Waals surface area contributed by atoms with Crippen molar-refractivity contribution >= 4 is 17.6 Å². The van der Waals surface area contributed by atoms with Crippen molar-refractivity contribution in [2.75, 3.05) is 0 Å². The monoisotopic (exact) mass is 295 g/mol. The Kier molecular flexibility index (Phi) is 3.98. The Morgan fingerprint density at radius 1 is 1.55 bits per heavy atom. The molecule has 0 fully saturated rings. The first kappa shape index (κ1) is 14.4. The number of hydrogen-bond acceptors (Lipinski definition) is 5. The molecule has 2 aromatic heterocycles. The molecule has 0 bridgehead atoms. The van der Waals surface area contributed by atoms with Gasteiger partial charge in [0.05, 0.1) is 11.3 Å². The second-order valence-corrected chi connectivity index (χ2v) is 5.32. The van der Waals surface area contributed by atoms with Gasteiger partial charge in [-0.25, -0.2) is 9.89 Å². The molecule has 108 valence electrons. The maximum atomic E-state index is 11.7. The molecule has 0 aliphatic carbocycles. The van der Waals surface area contributed by atoms with Crippen molar-refractivity contribution in [1.82, 2.24) is 24.5 Å². The molecule has 20 heavy (non-hydrogen) atoms. The number of hydrogen-bond donors (Lipinski definition) is 3. The number of nitrogens with two attached hydrogens (primary N) is 1. The second-order valence-electron chi connectivity index (χ2n) is 4.37. The summed E-state index contributed by atoms with van der Waals surface area (Å²) < 4.78 is 3.21. The maximum absolute atomic E-state index is 11.7. The van der Waals surface area contributed by atoms with Gasteiger partial charge in [0.25, 0.3) is 0 Å². The van der Waals surface area contributed by atoms with Crippen LogP contribution in [0.2, 0.25) is 0 Å². The topological polar surface area (TPSA) is 118 Å². The Bertz CT molecular complexity index is 696. The highest BCUT2D eigenvalue weighted by molar-refractivity contribution is 7.99. The Morgan fingerprint density at radius 2 is 2.25 bits per heavy atom. The fourth-order valence-electron chi connectivity index (χ4n) is 1.95. The molecule has 2 rings (SSSR count). The predicted molar refractivity (Wildman–Crippen MR) is 76.2 cm³/mol. The molecule has 0 amide bonds. The highest BCUT2D eigenvalue weighted by atomic mass is 32.2. The summed E-state index contributed by atoms with van der Waals surface area (Å²) in [5, 5.41) is 19.6. The quantitative estimate of drug-likeness (QED) is 0.547. The van der Waals surface area contributed by atoms with E-state index >= 15 is 0 Å². The molecular formula is C11H17N7OS. The lowest BCUT2D eigenvalue weighted by Crippen LogP contribution is -2.17. The molecule has 0 saturated carbocycles. The van der Waals surface area contributed by atoms with Gasteiger partial charge < -0.3 is 5.73 Å². The van der Waals surface area contributed by atoms with E-state index in [0.29, 0.717) is 28.0 Å². The number of aryl methyl sites for hydroxylation is 2. The molecule has 2 heterocycles. The van der Waals surface area contributed by atoms with Crippen molar-refractivity contribution in [3.05, 3.63) is 21.7 Å². The highest BCUT2D eigenvalue weighted by Crippen LogP contribution is 2.29. The summed E-state index contributed by atoms with van der Waals surface area (Å²) in [6, 6.07) is 0. The summed E-state index contributed by atoms with van der Waals surface area (Å²) in [6.07, 6.45) is 0.830. The van der Waals surface area contributed by atoms with E-state index in [0.717, 1.165) is 6.42 Å². The van der Waals surface area contributed by atoms with Gasteiger partial charge >= 0.3 is 5.69 Å². The Labute approximate surface area is 119 Å². The zero-order valence-electron chi connectivity index (χ0n) is 11.6. The molecule has 0 saturated heterocycles. The average Bonchev–Trinajstić information content (AvgIpc) is 2.84. The number of nitrogens with zero attached hydrogens (tertiary/aromatic N) is 4. The summed E-state index contributed by atoms with van der Waals surface area (Å²) in [5.41, 5.74) is 6.63. The lowest BCUT2D eigenvalue weighted by Gasteiger charge is -2.06. The van der Waals surface area contributed by atoms with E-state index < -0.39 is 0 Å². The zero-order valence-corrected chi connectivity index (χ0v) is 12.4. The van der Waals surface area contributed by atoms with E-state index in [-0.39, 0.29) is 11.5 Å². The molecule has 0 unspecified atom stereocenters. The first-order chi connectivity index (χ1) is 9.45. The van der Waals surface area contributed by atoms with Crippen LogP contribution in [0.1, 0.15) is 24.6 Å². The van der Waals surface area contributed by atoms with Crippen molar-refractivity contribution in [2.45, 2.75) is 37.0 Å². The van der Waals surface area contributed by atoms with E-state index in [9.17, 15) is 4.79 Å². The third kappa shape index (κ3) is 2.48. The molecular weight excluding hydrogens is 278 g/mol. The number of nitrogen functional groups attached to an aromatic ring is 1. The third-order valence-electron chi connectivity index (χ3n) is 2.80. The number of aromatic nitrogens is 5. The van der Waals surface area contributed by atoms with Crippen LogP contribution in [0.5, 0.6) is 0 Å². The molecule has 9 heteroatoms. The highest BCUT2D eigenvalue weighted by Gasteiger charge is 2.19. The van der Waals surface area contributed by atoms with Gasteiger partial charge in [-0.1, -0.05) is 6.92 Å². The van der Waals surface area contributed by atoms with Crippen LogP contribution in [0.15, 0.2) is 15.0 Å². The summed E-state index contributed by atoms with van der Waals surface area (Å²) in [5.74, 6) is -0.0435. The van der Waals surface area contributed by atoms with Gasteiger partial charge in [0.1, 0.15) is 10.9 Å². The average molecular weight is 295 g/mol. The Hall–Kier alpha value is -2.03. The van der Waals surface area contributed by atoms with Crippen LogP contribution in [-0.4, -0.2) is 30.4 Å². The maximum Gasteiger partial charge on any atom is 0.343 e. The number of amidine groups is 1. The van der Waals surface area contributed by atoms with Crippen molar-refractivity contribution in [3.63, 3.8) is 0 Å². The van der Waals surface area contributed by atoms with Gasteiger partial charge in [-0.15, -0.1) is 5.10 Å². The lowest BCUT2D eigenvalue weighted by atomic mass is 10.2. The fourth-order valence-corrected chi connectivity index (χ4v) is 3.03. The van der Waals surface area contributed by atoms with Gasteiger partial charge in [-0.05, 0) is 25.1 Å². The zero-order chi connectivity index (χ0) is 14.9. The Morgan fingerprint density at radius 3 is 2.85 bits per heavy atom. The standard InChI is InChI=1S/C11H17N7OS/c1-4-5-18-10(19)14-15-11(18)20-9-7(8(12)13)6(2)16-17(9)3/h4-5H2,1-3H3,(H3,12,13)(H,14,19). The van der Waals surface area contributed by atoms with E-state index in [2.05, 4.69) is 15.3 Å². The minimum Gasteiger partial charge on any atom is -0.384 e. The number of H-pyrrole nitrogens is 1. The minimum absolute atomic E-state index is 0.0435. The number of nitrogens with one attached hydrogen (secondary N) is 2. The minimum atomic E-state index is -0.238. The summed E-state index contributed by atoms with van der Waals surface area (Å²) in [7, 11) is 1.77. The summed E-state index contributed by atoms with van der Waals surface area (Å²) in [6.45, 7) is 4.37. The van der Waals surface area contributed by atoms with Gasteiger partial charge in [0, 0.05) is 13.6 Å². The van der Waals surface area contributed by atoms with Crippen LogP contribution in [0.25, 0.3) is 0 Å². The summed E-state index contributed by atoms with van der Waals surface area (Å²) >= 11 is 1.28. The molecule has 0 radical (unpaired) electrons. The van der Waals surface area contributed by atoms with E-state index in [1.165, 1.54) is 11.8 Å². The van der Waals surface area contributed by atoms with E-state index in [1.807, 2.05) is 6.92 Å². The van der Waals surface area contributed by atoms with Crippen LogP contribution in [0.3, 0.4) is 0 Å². The van der Waals surface area contributed by atoms with Crippen molar-refractivity contribution in [1.29, 1.82) is 5.41 Å². The third-order valence-corrected chi connectivity index (χ3v) is 3.95. The van der Waals surface area contributed by atoms with Crippen molar-refractivity contribution < 1.29 is 0 Å². The van der Waals surface area contributed by atoms with Gasteiger partial charge in [0.15, 0.2) is 5.16 Å². The van der Waals surface area contributed by atoms with Crippen LogP contribution in [-0.2, 0) is 13.6 Å². The van der Waals surface area contributed by atoms with Crippen LogP contribution >= 0.6 is 11.8 Å². The van der Waals surface area contributed by atoms with Gasteiger partial charge in [0.2, 0.25) is 0 Å². The molecule has 0 atom stereocenters. The molecule has 8 nitrogen and oxygen atoms in total. The molecule has 2 aromatic rings. The van der Waals surface area contributed by atoms with Gasteiger partial charge in [-0.2, -0.15) is 5.10 Å². The first-order valence-electron chi connectivity index (χ1n) is 6.16.